The van der Waals surface area contributed by atoms with Gasteiger partial charge in [0, 0.05) is 32.6 Å². The molecule has 272 valence electrons. The molecule has 0 aliphatic carbocycles. The fourth-order valence-electron chi connectivity index (χ4n) is 6.27. The molecule has 0 aliphatic heterocycles. The molecule has 0 bridgehead atoms. The zero-order chi connectivity index (χ0) is 34.0. The number of aromatic nitrogens is 2. The summed E-state index contributed by atoms with van der Waals surface area (Å²) in [4.78, 5) is 30.2. The van der Waals surface area contributed by atoms with Gasteiger partial charge in [0.1, 0.15) is 6.04 Å². The molecular weight excluding hydrogens is 580 g/mol. The molecule has 47 heavy (non-hydrogen) atoms. The summed E-state index contributed by atoms with van der Waals surface area (Å²) in [5.74, 6) is -0.126. The van der Waals surface area contributed by atoms with Crippen molar-refractivity contribution < 1.29 is 9.59 Å². The van der Waals surface area contributed by atoms with E-state index in [0.29, 0.717) is 19.4 Å². The van der Waals surface area contributed by atoms with Crippen molar-refractivity contribution in [3.8, 4) is 0 Å². The standard InChI is InChI=1S/C41H76N4O2/c1-4-6-8-10-12-14-16-18-20-21-23-25-27-29-31-33-40(46)44-39(35-38-36-45(3)37-43-38)41(47)42-34-32-30-28-26-24-22-19-17-15-13-11-9-7-5-2/h18,20,36-37,39H,4-17,19,21-35H2,1-3H3,(H,42,47)(H,44,46). The van der Waals surface area contributed by atoms with Crippen LogP contribution in [0.1, 0.15) is 199 Å². The van der Waals surface area contributed by atoms with Gasteiger partial charge in [0.25, 0.3) is 0 Å². The van der Waals surface area contributed by atoms with Gasteiger partial charge in [-0.05, 0) is 38.5 Å². The maximum atomic E-state index is 13.1. The van der Waals surface area contributed by atoms with Crippen LogP contribution in [0.3, 0.4) is 0 Å². The largest absolute Gasteiger partial charge is 0.354 e. The van der Waals surface area contributed by atoms with E-state index in [4.69, 9.17) is 0 Å². The number of aryl methyl sites for hydroxylation is 1. The molecule has 1 atom stereocenters. The lowest BCUT2D eigenvalue weighted by molar-refractivity contribution is -0.129. The Hall–Kier alpha value is -2.11. The van der Waals surface area contributed by atoms with E-state index in [-0.39, 0.29) is 11.8 Å². The molecule has 1 rings (SSSR count). The lowest BCUT2D eigenvalue weighted by atomic mass is 10.0. The van der Waals surface area contributed by atoms with Crippen LogP contribution in [0.5, 0.6) is 0 Å². The summed E-state index contributed by atoms with van der Waals surface area (Å²) < 4.78 is 1.88. The van der Waals surface area contributed by atoms with Crippen molar-refractivity contribution in [1.29, 1.82) is 0 Å². The Morgan fingerprint density at radius 2 is 1.11 bits per heavy atom. The van der Waals surface area contributed by atoms with Crippen molar-refractivity contribution in [3.63, 3.8) is 0 Å². The van der Waals surface area contributed by atoms with Crippen LogP contribution in [0.4, 0.5) is 0 Å². The Balaban J connectivity index is 2.14. The van der Waals surface area contributed by atoms with Gasteiger partial charge < -0.3 is 15.2 Å². The monoisotopic (exact) mass is 657 g/mol. The Labute approximate surface area is 291 Å². The number of hydrogen-bond acceptors (Lipinski definition) is 3. The number of hydrogen-bond donors (Lipinski definition) is 2. The minimum Gasteiger partial charge on any atom is -0.354 e. The highest BCUT2D eigenvalue weighted by Gasteiger charge is 2.21. The molecule has 2 N–H and O–H groups in total. The third kappa shape index (κ3) is 27.5. The van der Waals surface area contributed by atoms with Crippen LogP contribution in [0.2, 0.25) is 0 Å². The normalized spacial score (nSPS) is 12.1. The van der Waals surface area contributed by atoms with Crippen molar-refractivity contribution in [2.45, 2.75) is 206 Å². The van der Waals surface area contributed by atoms with Crippen LogP contribution < -0.4 is 10.6 Å². The third-order valence-electron chi connectivity index (χ3n) is 9.32. The van der Waals surface area contributed by atoms with Crippen molar-refractivity contribution in [3.05, 3.63) is 30.4 Å². The fourth-order valence-corrected chi connectivity index (χ4v) is 6.27. The molecule has 0 fully saturated rings. The lowest BCUT2D eigenvalue weighted by Gasteiger charge is -2.18. The number of allylic oxidation sites excluding steroid dienone is 2. The zero-order valence-corrected chi connectivity index (χ0v) is 31.3. The van der Waals surface area contributed by atoms with Crippen LogP contribution in [0, 0.1) is 0 Å². The Bertz CT molecular complexity index is 881. The quantitative estimate of drug-likeness (QED) is 0.0572. The molecule has 0 saturated carbocycles. The third-order valence-corrected chi connectivity index (χ3v) is 9.32. The highest BCUT2D eigenvalue weighted by molar-refractivity contribution is 5.87. The van der Waals surface area contributed by atoms with Gasteiger partial charge >= 0.3 is 0 Å². The predicted molar refractivity (Wildman–Crippen MR) is 202 cm³/mol. The molecule has 1 unspecified atom stereocenters. The highest BCUT2D eigenvalue weighted by atomic mass is 16.2. The van der Waals surface area contributed by atoms with Gasteiger partial charge in [-0.1, -0.05) is 161 Å². The summed E-state index contributed by atoms with van der Waals surface area (Å²) in [6, 6.07) is -0.577. The van der Waals surface area contributed by atoms with Crippen molar-refractivity contribution >= 4 is 11.8 Å². The van der Waals surface area contributed by atoms with Gasteiger partial charge in [0.2, 0.25) is 11.8 Å². The molecule has 1 heterocycles. The fraction of sp³-hybridized carbons (Fsp3) is 0.829. The van der Waals surface area contributed by atoms with Gasteiger partial charge in [-0.15, -0.1) is 0 Å². The first-order chi connectivity index (χ1) is 23.1. The van der Waals surface area contributed by atoms with Crippen molar-refractivity contribution in [2.75, 3.05) is 6.54 Å². The molecular formula is C41H76N4O2. The Kier molecular flexibility index (Phi) is 29.6. The predicted octanol–water partition coefficient (Wildman–Crippen LogP) is 11.1. The van der Waals surface area contributed by atoms with E-state index in [9.17, 15) is 9.59 Å². The summed E-state index contributed by atoms with van der Waals surface area (Å²) in [6.45, 7) is 5.21. The molecule has 1 aromatic heterocycles. The maximum absolute atomic E-state index is 13.1. The van der Waals surface area contributed by atoms with Crippen molar-refractivity contribution in [2.24, 2.45) is 7.05 Å². The second kappa shape index (κ2) is 32.4. The average molecular weight is 657 g/mol. The highest BCUT2D eigenvalue weighted by Crippen LogP contribution is 2.13. The second-order valence-corrected chi connectivity index (χ2v) is 14.1. The SMILES string of the molecule is CCCCCCCCC=CCCCCCCCC(=O)NC(Cc1cn(C)cn1)C(=O)NCCCCCCCCCCCCCCCC. The van der Waals surface area contributed by atoms with E-state index < -0.39 is 6.04 Å². The number of unbranched alkanes of at least 4 members (excludes halogenated alkanes) is 24. The summed E-state index contributed by atoms with van der Waals surface area (Å²) in [6.07, 6.45) is 43.9. The van der Waals surface area contributed by atoms with Crippen LogP contribution in [0.15, 0.2) is 24.7 Å². The van der Waals surface area contributed by atoms with Crippen LogP contribution >= 0.6 is 0 Å². The molecule has 0 saturated heterocycles. The van der Waals surface area contributed by atoms with E-state index in [0.717, 1.165) is 37.8 Å². The van der Waals surface area contributed by atoms with Crippen LogP contribution in [-0.2, 0) is 23.1 Å². The molecule has 0 aliphatic rings. The average Bonchev–Trinajstić information content (AvgIpc) is 3.48. The van der Waals surface area contributed by atoms with Gasteiger partial charge in [-0.25, -0.2) is 4.98 Å². The molecule has 0 aromatic carbocycles. The van der Waals surface area contributed by atoms with Gasteiger partial charge in [-0.3, -0.25) is 9.59 Å². The van der Waals surface area contributed by atoms with E-state index in [1.54, 1.807) is 6.33 Å². The summed E-state index contributed by atoms with van der Waals surface area (Å²) in [5.41, 5.74) is 0.825. The van der Waals surface area contributed by atoms with E-state index >= 15 is 0 Å². The first-order valence-electron chi connectivity index (χ1n) is 20.3. The number of carbonyl (C=O) groups excluding carboxylic acids is 2. The molecule has 0 spiro atoms. The molecule has 0 radical (unpaired) electrons. The topological polar surface area (TPSA) is 76.0 Å². The van der Waals surface area contributed by atoms with Gasteiger partial charge in [0.15, 0.2) is 0 Å². The minimum atomic E-state index is -0.577. The maximum Gasteiger partial charge on any atom is 0.242 e. The Morgan fingerprint density at radius 3 is 1.57 bits per heavy atom. The number of nitrogens with one attached hydrogen (secondary N) is 2. The number of rotatable bonds is 34. The van der Waals surface area contributed by atoms with E-state index in [1.165, 1.54) is 141 Å². The number of nitrogens with zero attached hydrogens (tertiary/aromatic N) is 2. The molecule has 1 aromatic rings. The summed E-state index contributed by atoms with van der Waals surface area (Å²) in [5, 5.41) is 6.10. The zero-order valence-electron chi connectivity index (χ0n) is 31.3. The van der Waals surface area contributed by atoms with Crippen molar-refractivity contribution in [1.82, 2.24) is 20.2 Å². The number of carbonyl (C=O) groups is 2. The lowest BCUT2D eigenvalue weighted by Crippen LogP contribution is -2.48. The molecule has 6 heteroatoms. The van der Waals surface area contributed by atoms with E-state index in [1.807, 2.05) is 17.8 Å². The summed E-state index contributed by atoms with van der Waals surface area (Å²) >= 11 is 0. The number of imidazole rings is 1. The van der Waals surface area contributed by atoms with Crippen LogP contribution in [0.25, 0.3) is 0 Å². The van der Waals surface area contributed by atoms with Crippen LogP contribution in [-0.4, -0.2) is 34.0 Å². The molecule has 6 nitrogen and oxygen atoms in total. The number of amides is 2. The smallest absolute Gasteiger partial charge is 0.242 e. The first-order valence-corrected chi connectivity index (χ1v) is 20.3. The Morgan fingerprint density at radius 1 is 0.660 bits per heavy atom. The van der Waals surface area contributed by atoms with Gasteiger partial charge in [-0.2, -0.15) is 0 Å². The molecule has 2 amide bonds. The second-order valence-electron chi connectivity index (χ2n) is 14.1. The first kappa shape index (κ1) is 42.9. The van der Waals surface area contributed by atoms with Gasteiger partial charge in [0.05, 0.1) is 12.0 Å². The van der Waals surface area contributed by atoms with E-state index in [2.05, 4.69) is 41.6 Å². The summed E-state index contributed by atoms with van der Waals surface area (Å²) in [7, 11) is 1.92. The minimum absolute atomic E-state index is 0.0322.